The standard InChI is InChI=1S/C50H72N10O7S3/c1-36-43(68-47(52)57-36)24-20-31-55-46(51)58-48(62)56-30-16-7-6-15-29-54-45(61)26-12-9-17-33-60-41(38-35-37(70(65,66)67)27-28-39(38)50(60,4)5)22-10-8-11-25-44-49(2,3)40-21-13-14-23-42(40)59(44)32-18-19-34-69(53,63)64/h8,10-11,13-14,21-23,25,27-28,35H,6-7,9,12,15-20,24,26,29-34H2,1-5H3,(H9-,51,52,53,54,55,56,57,58,61,62,63,64,65,66,67). The van der Waals surface area contributed by atoms with Gasteiger partial charge in [0.25, 0.3) is 0 Å². The molecule has 0 atom stereocenters. The molecule has 20 heteroatoms. The molecule has 0 radical (unpaired) electrons. The molecule has 0 fully saturated rings. The van der Waals surface area contributed by atoms with E-state index in [2.05, 4.69) is 81.3 Å². The van der Waals surface area contributed by atoms with Crippen molar-refractivity contribution in [1.29, 1.82) is 0 Å². The van der Waals surface area contributed by atoms with Crippen molar-refractivity contribution in [3.05, 3.63) is 106 Å². The third-order valence-corrected chi connectivity index (χ3v) is 15.5. The van der Waals surface area contributed by atoms with E-state index < -0.39 is 31.7 Å². The molecule has 0 bridgehead atoms. The summed E-state index contributed by atoms with van der Waals surface area (Å²) in [6.07, 6.45) is 18.6. The number of carbonyl (C=O) groups is 2. The topological polar surface area (TPSA) is 271 Å². The van der Waals surface area contributed by atoms with E-state index >= 15 is 0 Å². The summed E-state index contributed by atoms with van der Waals surface area (Å²) in [6.45, 7) is 13.3. The molecule has 2 aliphatic rings. The largest absolute Gasteiger partial charge is 0.744 e. The minimum absolute atomic E-state index is 0.00757. The number of amides is 3. The highest BCUT2D eigenvalue weighted by Gasteiger charge is 2.44. The number of aromatic nitrogens is 1. The van der Waals surface area contributed by atoms with Gasteiger partial charge >= 0.3 is 6.03 Å². The minimum atomic E-state index is -4.69. The van der Waals surface area contributed by atoms with E-state index in [-0.39, 0.29) is 27.9 Å². The number of benzene rings is 2. The second-order valence-electron chi connectivity index (χ2n) is 18.8. The Morgan fingerprint density at radius 3 is 2.30 bits per heavy atom. The van der Waals surface area contributed by atoms with Gasteiger partial charge in [-0.15, -0.1) is 11.3 Å². The van der Waals surface area contributed by atoms with Crippen LogP contribution in [0.15, 0.2) is 88.4 Å². The van der Waals surface area contributed by atoms with Crippen molar-refractivity contribution >= 4 is 65.9 Å². The number of primary sulfonamides is 1. The van der Waals surface area contributed by atoms with Crippen LogP contribution in [0.4, 0.5) is 15.6 Å². The highest BCUT2D eigenvalue weighted by molar-refractivity contribution is 7.89. The highest BCUT2D eigenvalue weighted by atomic mass is 32.2. The normalized spacial score (nSPS) is 16.1. The van der Waals surface area contributed by atoms with Crippen molar-refractivity contribution in [2.75, 3.05) is 49.1 Å². The Hall–Kier alpha value is -5.41. The van der Waals surface area contributed by atoms with Crippen molar-refractivity contribution in [3.8, 4) is 0 Å². The first kappa shape index (κ1) is 55.5. The van der Waals surface area contributed by atoms with E-state index in [1.54, 1.807) is 6.07 Å². The molecule has 3 heterocycles. The fraction of sp³-hybridized carbons (Fsp3) is 0.500. The molecule has 0 saturated carbocycles. The van der Waals surface area contributed by atoms with Crippen LogP contribution in [-0.2, 0) is 42.3 Å². The summed E-state index contributed by atoms with van der Waals surface area (Å²) in [4.78, 5) is 36.4. The van der Waals surface area contributed by atoms with Gasteiger partial charge in [-0.1, -0.05) is 69.2 Å². The Morgan fingerprint density at radius 1 is 0.886 bits per heavy atom. The number of anilines is 2. The van der Waals surface area contributed by atoms with E-state index in [1.165, 1.54) is 29.0 Å². The lowest BCUT2D eigenvalue weighted by molar-refractivity contribution is -0.604. The Balaban J connectivity index is 1.07. The molecule has 2 aromatic carbocycles. The number of nitrogens with two attached hydrogens (primary N) is 3. The number of urea groups is 1. The lowest BCUT2D eigenvalue weighted by Gasteiger charge is -2.27. The molecule has 1 aromatic heterocycles. The van der Waals surface area contributed by atoms with E-state index in [4.69, 9.17) is 16.6 Å². The smallest absolute Gasteiger partial charge is 0.321 e. The zero-order valence-corrected chi connectivity index (χ0v) is 43.7. The molecular formula is C50H72N10O7S3. The van der Waals surface area contributed by atoms with Gasteiger partial charge in [0.2, 0.25) is 21.6 Å². The molecule has 2 aliphatic heterocycles. The predicted molar refractivity (Wildman–Crippen MR) is 280 cm³/mol. The molecule has 0 spiro atoms. The number of fused-ring (bicyclic) bond motifs is 2. The van der Waals surface area contributed by atoms with E-state index in [0.29, 0.717) is 69.1 Å². The van der Waals surface area contributed by atoms with Gasteiger partial charge < -0.3 is 31.6 Å². The number of para-hydroxylation sites is 1. The number of allylic oxidation sites excluding steroid dienone is 6. The molecule has 0 aliphatic carbocycles. The molecule has 3 amide bonds. The molecule has 382 valence electrons. The molecule has 9 N–H and O–H groups in total. The summed E-state index contributed by atoms with van der Waals surface area (Å²) >= 11 is 1.47. The Labute approximate surface area is 418 Å². The minimum Gasteiger partial charge on any atom is -0.744 e. The van der Waals surface area contributed by atoms with Gasteiger partial charge in [0.1, 0.15) is 16.7 Å². The second kappa shape index (κ2) is 25.1. The van der Waals surface area contributed by atoms with Gasteiger partial charge in [-0.25, -0.2) is 36.3 Å². The maximum absolute atomic E-state index is 12.7. The average molecular weight is 1020 g/mol. The van der Waals surface area contributed by atoms with Crippen molar-refractivity contribution in [2.45, 2.75) is 128 Å². The average Bonchev–Trinajstić information content (AvgIpc) is 3.81. The summed E-state index contributed by atoms with van der Waals surface area (Å²) in [6, 6.07) is 12.4. The lowest BCUT2D eigenvalue weighted by Crippen LogP contribution is -2.43. The van der Waals surface area contributed by atoms with E-state index in [0.717, 1.165) is 84.6 Å². The molecule has 0 saturated heterocycles. The first-order valence-electron chi connectivity index (χ1n) is 24.1. The van der Waals surface area contributed by atoms with Gasteiger partial charge in [-0.2, -0.15) is 0 Å². The van der Waals surface area contributed by atoms with E-state index in [9.17, 15) is 31.0 Å². The first-order valence-corrected chi connectivity index (χ1v) is 28.1. The molecule has 5 rings (SSSR count). The van der Waals surface area contributed by atoms with Crippen LogP contribution >= 0.6 is 11.3 Å². The van der Waals surface area contributed by atoms with Crippen LogP contribution in [-0.4, -0.2) is 93.0 Å². The zero-order chi connectivity index (χ0) is 51.1. The first-order chi connectivity index (χ1) is 33.1. The summed E-state index contributed by atoms with van der Waals surface area (Å²) < 4.78 is 61.8. The monoisotopic (exact) mass is 1020 g/mol. The van der Waals surface area contributed by atoms with Crippen LogP contribution in [0.3, 0.4) is 0 Å². The quantitative estimate of drug-likeness (QED) is 0.0129. The van der Waals surface area contributed by atoms with Gasteiger partial charge in [-0.3, -0.25) is 15.1 Å². The highest BCUT2D eigenvalue weighted by Crippen LogP contribution is 2.47. The Morgan fingerprint density at radius 2 is 1.60 bits per heavy atom. The van der Waals surface area contributed by atoms with Crippen LogP contribution in [0.1, 0.15) is 126 Å². The van der Waals surface area contributed by atoms with Crippen molar-refractivity contribution < 1.29 is 35.6 Å². The number of aliphatic imine (C=N–C) groups is 1. The van der Waals surface area contributed by atoms with Gasteiger partial charge in [0.15, 0.2) is 16.6 Å². The number of unbranched alkanes of at least 4 members (excludes halogenated alkanes) is 6. The number of rotatable bonds is 26. The Kier molecular flexibility index (Phi) is 19.9. The summed E-state index contributed by atoms with van der Waals surface area (Å²) in [5.41, 5.74) is 17.5. The van der Waals surface area contributed by atoms with Gasteiger partial charge in [0, 0.05) is 86.2 Å². The number of aryl methyl sites for hydroxylation is 2. The molecule has 0 unspecified atom stereocenters. The van der Waals surface area contributed by atoms with Gasteiger partial charge in [-0.05, 0) is 88.1 Å². The second-order valence-corrected chi connectivity index (χ2v) is 23.0. The summed E-state index contributed by atoms with van der Waals surface area (Å²) in [5, 5.41) is 14.2. The number of carbonyl (C=O) groups excluding carboxylic acids is 2. The number of thiazole rings is 1. The molecular weight excluding hydrogens is 949 g/mol. The van der Waals surface area contributed by atoms with Crippen molar-refractivity contribution in [2.24, 2.45) is 15.9 Å². The molecule has 70 heavy (non-hydrogen) atoms. The fourth-order valence-electron chi connectivity index (χ4n) is 9.08. The lowest BCUT2D eigenvalue weighted by atomic mass is 9.84. The summed E-state index contributed by atoms with van der Waals surface area (Å²) in [5.74, 6) is 0.0122. The van der Waals surface area contributed by atoms with Crippen LogP contribution in [0.2, 0.25) is 0 Å². The number of nitrogens with one attached hydrogen (secondary N) is 3. The van der Waals surface area contributed by atoms with Crippen LogP contribution in [0.5, 0.6) is 0 Å². The number of hydrogen-bond acceptors (Lipinski definition) is 12. The number of guanidine groups is 1. The van der Waals surface area contributed by atoms with Crippen molar-refractivity contribution in [1.82, 2.24) is 20.9 Å². The number of hydrogen-bond donors (Lipinski definition) is 6. The third-order valence-electron chi connectivity index (χ3n) is 12.8. The number of sulfonamides is 1. The van der Waals surface area contributed by atoms with Crippen LogP contribution in [0.25, 0.3) is 0 Å². The van der Waals surface area contributed by atoms with Gasteiger partial charge in [0.05, 0.1) is 21.9 Å². The zero-order valence-electron chi connectivity index (χ0n) is 41.3. The van der Waals surface area contributed by atoms with E-state index in [1.807, 2.05) is 43.4 Å². The molecule has 3 aromatic rings. The fourth-order valence-corrected chi connectivity index (χ4v) is 11.1. The van der Waals surface area contributed by atoms with Crippen LogP contribution < -0.4 is 37.5 Å². The Bertz CT molecular complexity index is 2710. The maximum Gasteiger partial charge on any atom is 0.321 e. The number of nitrogen functional groups attached to an aromatic ring is 1. The maximum atomic E-state index is 12.7. The number of nitrogens with zero attached hydrogens (tertiary/aromatic N) is 4. The summed E-state index contributed by atoms with van der Waals surface area (Å²) in [7, 11) is -8.23. The molecule has 17 nitrogen and oxygen atoms in total. The van der Waals surface area contributed by atoms with Crippen LogP contribution in [0, 0.1) is 6.92 Å². The third kappa shape index (κ3) is 15.8. The van der Waals surface area contributed by atoms with Crippen molar-refractivity contribution in [3.63, 3.8) is 0 Å². The predicted octanol–water partition coefficient (Wildman–Crippen LogP) is 6.33. The SMILES string of the molecule is Cc1nc(N)sc1CCCN=C(N)NC(=O)NCCCCCCNC(=O)CCCCC[N+]1=C(C=CC=CC=C2N(CCCCS(N)(=O)=O)c3ccccc3C2(C)C)c2cc(S(=O)(=O)[O-])ccc2C1(C)C.